The highest BCUT2D eigenvalue weighted by Gasteiger charge is 2.30. The van der Waals surface area contributed by atoms with Crippen molar-refractivity contribution in [2.75, 3.05) is 50.6 Å². The quantitative estimate of drug-likeness (QED) is 0.133. The van der Waals surface area contributed by atoms with E-state index in [2.05, 4.69) is 40.5 Å². The molecule has 4 N–H and O–H groups in total. The van der Waals surface area contributed by atoms with Gasteiger partial charge in [-0.25, -0.2) is 45.8 Å². The molecule has 0 bridgehead atoms. The van der Waals surface area contributed by atoms with Crippen LogP contribution in [0.1, 0.15) is 13.8 Å². The van der Waals surface area contributed by atoms with Crippen molar-refractivity contribution in [3.63, 3.8) is 0 Å². The molecule has 0 aliphatic carbocycles. The summed E-state index contributed by atoms with van der Waals surface area (Å²) in [6, 6.07) is 4.95. The first kappa shape index (κ1) is 44.4. The van der Waals surface area contributed by atoms with Gasteiger partial charge >= 0.3 is 12.1 Å². The number of amides is 4. The van der Waals surface area contributed by atoms with Gasteiger partial charge in [-0.05, 0) is 24.3 Å². The molecular formula is C28H34N10O14S4. The predicted molar refractivity (Wildman–Crippen MR) is 193 cm³/mol. The van der Waals surface area contributed by atoms with Crippen molar-refractivity contribution in [2.45, 2.75) is 33.7 Å². The first-order chi connectivity index (χ1) is 26.2. The molecule has 0 radical (unpaired) electrons. The Morgan fingerprint density at radius 2 is 0.857 bits per heavy atom. The number of rotatable bonds is 14. The second-order valence-corrected chi connectivity index (χ2v) is 17.8. The van der Waals surface area contributed by atoms with Gasteiger partial charge < -0.3 is 18.9 Å². The molecule has 0 aliphatic heterocycles. The molecule has 0 saturated heterocycles. The number of sulfonamides is 2. The molecule has 0 atom stereocenters. The van der Waals surface area contributed by atoms with Crippen LogP contribution in [0.5, 0.6) is 23.5 Å². The largest absolute Gasteiger partial charge is 0.481 e. The number of carbonyl (C=O) groups is 2. The minimum Gasteiger partial charge on any atom is -0.481 e. The topological polar surface area (TPSA) is 333 Å². The molecule has 4 rings (SSSR count). The molecule has 0 saturated carbocycles. The number of carbonyl (C=O) groups excluding carboxylic acids is 2. The molecule has 4 aromatic heterocycles. The number of ether oxygens (including phenoxy) is 4. The van der Waals surface area contributed by atoms with Crippen molar-refractivity contribution in [3.8, 4) is 23.5 Å². The van der Waals surface area contributed by atoms with Crippen molar-refractivity contribution >= 4 is 63.7 Å². The summed E-state index contributed by atoms with van der Waals surface area (Å²) < 4.78 is 121. The zero-order valence-corrected chi connectivity index (χ0v) is 33.3. The third-order valence-electron chi connectivity index (χ3n) is 6.51. The van der Waals surface area contributed by atoms with E-state index in [0.717, 1.165) is 24.5 Å². The Morgan fingerprint density at radius 1 is 0.554 bits per heavy atom. The summed E-state index contributed by atoms with van der Waals surface area (Å²) in [5, 5.41) is 2.61. The second kappa shape index (κ2) is 18.6. The summed E-state index contributed by atoms with van der Waals surface area (Å²) in [6.45, 7) is 2.71. The van der Waals surface area contributed by atoms with Crippen LogP contribution in [0.4, 0.5) is 21.5 Å². The van der Waals surface area contributed by atoms with E-state index >= 15 is 0 Å². The van der Waals surface area contributed by atoms with Gasteiger partial charge in [0, 0.05) is 12.4 Å². The lowest BCUT2D eigenvalue weighted by Crippen LogP contribution is -2.36. The average Bonchev–Trinajstić information content (AvgIpc) is 3.17. The van der Waals surface area contributed by atoms with Crippen molar-refractivity contribution in [2.24, 2.45) is 0 Å². The number of pyridine rings is 2. The minimum absolute atomic E-state index is 0.0612. The Bertz CT molecular complexity index is 2300. The minimum atomic E-state index is -4.61. The number of aromatic nitrogens is 6. The van der Waals surface area contributed by atoms with Crippen LogP contribution in [0.3, 0.4) is 0 Å². The number of urea groups is 2. The van der Waals surface area contributed by atoms with Crippen molar-refractivity contribution in [1.29, 1.82) is 0 Å². The van der Waals surface area contributed by atoms with E-state index in [1.807, 2.05) is 0 Å². The van der Waals surface area contributed by atoms with Crippen LogP contribution in [0.2, 0.25) is 0 Å². The summed E-state index contributed by atoms with van der Waals surface area (Å²) in [6.07, 6.45) is 2.19. The summed E-state index contributed by atoms with van der Waals surface area (Å²) in [5.41, 5.74) is 0. The van der Waals surface area contributed by atoms with Crippen LogP contribution in [0.15, 0.2) is 68.6 Å². The fourth-order valence-electron chi connectivity index (χ4n) is 3.87. The van der Waals surface area contributed by atoms with E-state index in [-0.39, 0.29) is 46.9 Å². The number of sulfone groups is 2. The molecule has 0 spiro atoms. The molecule has 4 amide bonds. The van der Waals surface area contributed by atoms with Gasteiger partial charge in [-0.15, -0.1) is 0 Å². The van der Waals surface area contributed by atoms with E-state index in [1.54, 1.807) is 9.44 Å². The first-order valence-corrected chi connectivity index (χ1v) is 21.5. The molecular weight excluding hydrogens is 829 g/mol. The third-order valence-corrected chi connectivity index (χ3v) is 12.9. The Morgan fingerprint density at radius 3 is 1.12 bits per heavy atom. The Kier molecular flexibility index (Phi) is 14.7. The Hall–Kier alpha value is -6.00. The van der Waals surface area contributed by atoms with E-state index in [0.29, 0.717) is 0 Å². The summed E-state index contributed by atoms with van der Waals surface area (Å²) in [5.74, 6) is -1.04. The lowest BCUT2D eigenvalue weighted by molar-refractivity contribution is 0.255. The summed E-state index contributed by atoms with van der Waals surface area (Å²) >= 11 is 0. The SMILES string of the molecule is CCS(=O)(=O)c1cccnc1S(=O)(=O)NC(=O)Nc1nc(OC)cc(OC)n1.CCS(=O)(=O)c1cccnc1S(=O)(=O)NC(=O)Nc1nc(OC)cc(OC)n1. The number of nitrogens with one attached hydrogen (secondary N) is 4. The van der Waals surface area contributed by atoms with Crippen LogP contribution in [0, 0.1) is 0 Å². The fraction of sp³-hybridized carbons (Fsp3) is 0.286. The number of methoxy groups -OCH3 is 4. The van der Waals surface area contributed by atoms with Crippen LogP contribution >= 0.6 is 0 Å². The maximum absolute atomic E-state index is 12.5. The number of anilines is 2. The Labute approximate surface area is 320 Å². The third kappa shape index (κ3) is 11.5. The highest BCUT2D eigenvalue weighted by atomic mass is 32.2. The highest BCUT2D eigenvalue weighted by molar-refractivity contribution is 7.94. The van der Waals surface area contributed by atoms with E-state index in [1.165, 1.54) is 66.6 Å². The number of nitrogens with zero attached hydrogens (tertiary/aromatic N) is 6. The van der Waals surface area contributed by atoms with E-state index in [4.69, 9.17) is 18.9 Å². The van der Waals surface area contributed by atoms with Gasteiger partial charge in [-0.2, -0.15) is 36.8 Å². The average molecular weight is 863 g/mol. The van der Waals surface area contributed by atoms with Crippen molar-refractivity contribution in [3.05, 3.63) is 48.8 Å². The molecule has 304 valence electrons. The molecule has 0 fully saturated rings. The van der Waals surface area contributed by atoms with Crippen molar-refractivity contribution < 1.29 is 62.2 Å². The zero-order valence-electron chi connectivity index (χ0n) is 30.1. The zero-order chi connectivity index (χ0) is 41.9. The highest BCUT2D eigenvalue weighted by Crippen LogP contribution is 2.22. The number of hydrogen-bond donors (Lipinski definition) is 4. The first-order valence-electron chi connectivity index (χ1n) is 15.2. The van der Waals surface area contributed by atoms with E-state index in [9.17, 15) is 43.3 Å². The van der Waals surface area contributed by atoms with Crippen LogP contribution in [0.25, 0.3) is 0 Å². The maximum atomic E-state index is 12.5. The van der Waals surface area contributed by atoms with Gasteiger partial charge in [0.2, 0.25) is 35.4 Å². The van der Waals surface area contributed by atoms with Gasteiger partial charge in [0.15, 0.2) is 29.7 Å². The summed E-state index contributed by atoms with van der Waals surface area (Å²) in [7, 11) is -11.7. The molecule has 28 heteroatoms. The van der Waals surface area contributed by atoms with Gasteiger partial charge in [0.05, 0.1) is 52.1 Å². The molecule has 24 nitrogen and oxygen atoms in total. The molecule has 4 heterocycles. The molecule has 56 heavy (non-hydrogen) atoms. The Balaban J connectivity index is 0.000000300. The van der Waals surface area contributed by atoms with E-state index < -0.39 is 71.6 Å². The molecule has 0 aliphatic rings. The smallest absolute Gasteiger partial charge is 0.335 e. The summed E-state index contributed by atoms with van der Waals surface area (Å²) in [4.78, 5) is 45.6. The van der Waals surface area contributed by atoms with Crippen molar-refractivity contribution in [1.82, 2.24) is 39.3 Å². The normalized spacial score (nSPS) is 11.5. The van der Waals surface area contributed by atoms with Gasteiger partial charge in [0.25, 0.3) is 20.0 Å². The fourth-order valence-corrected chi connectivity index (χ4v) is 8.97. The van der Waals surface area contributed by atoms with Crippen LogP contribution in [-0.4, -0.2) is 116 Å². The number of hydrogen-bond acceptors (Lipinski definition) is 20. The predicted octanol–water partition coefficient (Wildman–Crippen LogP) is 0.386. The monoisotopic (exact) mass is 862 g/mol. The van der Waals surface area contributed by atoms with Crippen LogP contribution in [-0.2, 0) is 39.7 Å². The molecule has 0 unspecified atom stereocenters. The molecule has 0 aromatic carbocycles. The van der Waals surface area contributed by atoms with Gasteiger partial charge in [0.1, 0.15) is 9.79 Å². The maximum Gasteiger partial charge on any atom is 0.335 e. The molecule has 4 aromatic rings. The second-order valence-electron chi connectivity index (χ2n) is 10.1. The lowest BCUT2D eigenvalue weighted by atomic mass is 10.5. The standard InChI is InChI=1S/2C14H17N5O7S2/c2*1-4-27(21,22)9-6-5-7-15-12(9)28(23,24)19-14(20)18-13-16-10(25-2)8-11(17-13)26-3/h2*5-8H,4H2,1-3H3,(H2,16,17,18,19,20). The van der Waals surface area contributed by atoms with Gasteiger partial charge in [-0.3, -0.25) is 10.6 Å². The van der Waals surface area contributed by atoms with Gasteiger partial charge in [-0.1, -0.05) is 13.8 Å². The lowest BCUT2D eigenvalue weighted by Gasteiger charge is -2.11. The van der Waals surface area contributed by atoms with Crippen LogP contribution < -0.4 is 39.0 Å².